The van der Waals surface area contributed by atoms with E-state index in [4.69, 9.17) is 4.99 Å². The Bertz CT molecular complexity index is 1370. The van der Waals surface area contributed by atoms with Crippen molar-refractivity contribution in [2.24, 2.45) is 4.99 Å². The third-order valence-corrected chi connectivity index (χ3v) is 7.24. The lowest BCUT2D eigenvalue weighted by atomic mass is 9.99. The first kappa shape index (κ1) is 21.3. The van der Waals surface area contributed by atoms with Gasteiger partial charge in [0.15, 0.2) is 5.82 Å². The first-order valence-corrected chi connectivity index (χ1v) is 11.7. The molecule has 1 aliphatic rings. The lowest BCUT2D eigenvalue weighted by Gasteiger charge is -2.12. The van der Waals surface area contributed by atoms with E-state index < -0.39 is 6.04 Å². The van der Waals surface area contributed by atoms with Crippen LogP contribution in [-0.4, -0.2) is 31.4 Å². The molecule has 0 aliphatic carbocycles. The van der Waals surface area contributed by atoms with Gasteiger partial charge in [0.05, 0.1) is 5.71 Å². The van der Waals surface area contributed by atoms with Crippen LogP contribution in [0.3, 0.4) is 0 Å². The molecule has 6 nitrogen and oxygen atoms in total. The van der Waals surface area contributed by atoms with Crippen molar-refractivity contribution in [3.63, 3.8) is 0 Å². The van der Waals surface area contributed by atoms with Crippen LogP contribution >= 0.6 is 11.3 Å². The third kappa shape index (κ3) is 3.89. The van der Waals surface area contributed by atoms with Crippen LogP contribution in [0.2, 0.25) is 0 Å². The summed E-state index contributed by atoms with van der Waals surface area (Å²) >= 11 is 1.68. The second-order valence-electron chi connectivity index (χ2n) is 8.35. The van der Waals surface area contributed by atoms with E-state index in [0.717, 1.165) is 38.8 Å². The van der Waals surface area contributed by atoms with Crippen LogP contribution in [0.4, 0.5) is 0 Å². The van der Waals surface area contributed by atoms with E-state index in [0.29, 0.717) is 12.2 Å². The highest BCUT2D eigenvalue weighted by atomic mass is 32.1. The van der Waals surface area contributed by atoms with E-state index in [1.54, 1.807) is 23.5 Å². The van der Waals surface area contributed by atoms with E-state index in [9.17, 15) is 9.90 Å². The van der Waals surface area contributed by atoms with Gasteiger partial charge in [0.25, 0.3) is 0 Å². The molecule has 2 aromatic heterocycles. The summed E-state index contributed by atoms with van der Waals surface area (Å²) in [4.78, 5) is 19.4. The van der Waals surface area contributed by atoms with Crippen molar-refractivity contribution in [1.29, 1.82) is 0 Å². The van der Waals surface area contributed by atoms with E-state index in [1.165, 1.54) is 4.88 Å². The average Bonchev–Trinajstić information content (AvgIpc) is 3.27. The van der Waals surface area contributed by atoms with E-state index in [1.807, 2.05) is 49.4 Å². The summed E-state index contributed by atoms with van der Waals surface area (Å²) < 4.78 is 2.05. The van der Waals surface area contributed by atoms with Gasteiger partial charge in [-0.2, -0.15) is 0 Å². The second-order valence-corrected chi connectivity index (χ2v) is 9.55. The standard InChI is InChI=1S/C26H24N4O2S/c1-15-16(2)33-26-23(15)24(19-9-11-20(31)12-10-19)27-22(25-29-28-17(3)30(25)26)14-21(32)13-18-7-5-4-6-8-18/h4-12,22,31H,13-14H2,1-3H3/t22-/m0/s1. The van der Waals surface area contributed by atoms with Crippen LogP contribution in [0.5, 0.6) is 5.75 Å². The minimum atomic E-state index is -0.453. The average molecular weight is 457 g/mol. The number of aliphatic imine (C=N–C) groups is 1. The van der Waals surface area contributed by atoms with Crippen LogP contribution in [0.1, 0.15) is 51.2 Å². The molecular weight excluding hydrogens is 432 g/mol. The SMILES string of the molecule is Cc1sc2c(c1C)C(c1ccc(O)cc1)=N[C@@H](CC(=O)Cc1ccccc1)c1nnc(C)n1-2. The Morgan fingerprint density at radius 2 is 1.76 bits per heavy atom. The van der Waals surface area contributed by atoms with Crippen LogP contribution in [0.15, 0.2) is 59.6 Å². The lowest BCUT2D eigenvalue weighted by molar-refractivity contribution is -0.118. The number of aromatic nitrogens is 3. The highest BCUT2D eigenvalue weighted by Crippen LogP contribution is 2.39. The number of benzene rings is 2. The molecule has 2 aromatic carbocycles. The molecule has 7 heteroatoms. The largest absolute Gasteiger partial charge is 0.508 e. The quantitative estimate of drug-likeness (QED) is 0.456. The minimum Gasteiger partial charge on any atom is -0.508 e. The van der Waals surface area contributed by atoms with Gasteiger partial charge in [0.1, 0.15) is 28.4 Å². The number of thiophene rings is 1. The Hall–Kier alpha value is -3.58. The normalized spacial score (nSPS) is 14.9. The zero-order valence-electron chi connectivity index (χ0n) is 18.7. The third-order valence-electron chi connectivity index (χ3n) is 6.05. The molecule has 0 amide bonds. The summed E-state index contributed by atoms with van der Waals surface area (Å²) in [6.45, 7) is 6.13. The van der Waals surface area contributed by atoms with Crippen molar-refractivity contribution in [2.75, 3.05) is 0 Å². The molecule has 3 heterocycles. The first-order chi connectivity index (χ1) is 15.9. The van der Waals surface area contributed by atoms with Crippen molar-refractivity contribution >= 4 is 22.8 Å². The van der Waals surface area contributed by atoms with Crippen LogP contribution in [0.25, 0.3) is 5.00 Å². The summed E-state index contributed by atoms with van der Waals surface area (Å²) in [5.74, 6) is 1.76. The van der Waals surface area contributed by atoms with Crippen LogP contribution in [0, 0.1) is 20.8 Å². The molecule has 1 aliphatic heterocycles. The Kier molecular flexibility index (Phi) is 5.42. The van der Waals surface area contributed by atoms with Gasteiger partial charge in [-0.25, -0.2) is 0 Å². The summed E-state index contributed by atoms with van der Waals surface area (Å²) in [5, 5.41) is 19.6. The predicted molar refractivity (Wildman–Crippen MR) is 130 cm³/mol. The summed E-state index contributed by atoms with van der Waals surface area (Å²) in [7, 11) is 0. The number of carbonyl (C=O) groups excluding carboxylic acids is 1. The molecule has 4 aromatic rings. The van der Waals surface area contributed by atoms with Gasteiger partial charge in [-0.1, -0.05) is 30.3 Å². The molecule has 0 radical (unpaired) electrons. The Balaban J connectivity index is 1.64. The van der Waals surface area contributed by atoms with Gasteiger partial charge in [-0.3, -0.25) is 14.4 Å². The number of rotatable bonds is 5. The maximum atomic E-state index is 13.1. The zero-order chi connectivity index (χ0) is 23.1. The minimum absolute atomic E-state index is 0.102. The summed E-state index contributed by atoms with van der Waals surface area (Å²) in [6.07, 6.45) is 0.593. The van der Waals surface area contributed by atoms with Crippen molar-refractivity contribution in [3.8, 4) is 10.8 Å². The highest BCUT2D eigenvalue weighted by molar-refractivity contribution is 7.15. The fraction of sp³-hybridized carbons (Fsp3) is 0.231. The fourth-order valence-corrected chi connectivity index (χ4v) is 5.47. The number of Topliss-reactive ketones (excluding diaryl/α,β-unsaturated/α-hetero) is 1. The molecule has 166 valence electrons. The van der Waals surface area contributed by atoms with E-state index in [2.05, 4.69) is 28.6 Å². The molecule has 1 N–H and O–H groups in total. The number of nitrogens with zero attached hydrogens (tertiary/aromatic N) is 4. The van der Waals surface area contributed by atoms with Gasteiger partial charge in [-0.15, -0.1) is 21.5 Å². The maximum Gasteiger partial charge on any atom is 0.163 e. The number of aromatic hydroxyl groups is 1. The molecule has 0 saturated carbocycles. The number of carbonyl (C=O) groups is 1. The zero-order valence-corrected chi connectivity index (χ0v) is 19.6. The van der Waals surface area contributed by atoms with Crippen molar-refractivity contribution in [2.45, 2.75) is 39.7 Å². The number of ketones is 1. The van der Waals surface area contributed by atoms with Gasteiger partial charge in [0.2, 0.25) is 0 Å². The topological polar surface area (TPSA) is 80.4 Å². The second kappa shape index (κ2) is 8.41. The fourth-order valence-electron chi connectivity index (χ4n) is 4.26. The maximum absolute atomic E-state index is 13.1. The molecule has 33 heavy (non-hydrogen) atoms. The molecule has 0 spiro atoms. The van der Waals surface area contributed by atoms with E-state index >= 15 is 0 Å². The molecule has 0 saturated heterocycles. The van der Waals surface area contributed by atoms with Gasteiger partial charge in [-0.05, 0) is 56.2 Å². The highest BCUT2D eigenvalue weighted by Gasteiger charge is 2.32. The summed E-state index contributed by atoms with van der Waals surface area (Å²) in [6, 6.07) is 16.4. The number of aryl methyl sites for hydroxylation is 2. The number of fused-ring (bicyclic) bond motifs is 3. The van der Waals surface area contributed by atoms with Crippen molar-refractivity contribution < 1.29 is 9.90 Å². The molecule has 5 rings (SSSR count). The number of hydrogen-bond donors (Lipinski definition) is 1. The molecule has 0 fully saturated rings. The Labute approximate surface area is 196 Å². The van der Waals surface area contributed by atoms with Gasteiger partial charge < -0.3 is 5.11 Å². The molecule has 1 atom stereocenters. The van der Waals surface area contributed by atoms with Crippen molar-refractivity contribution in [1.82, 2.24) is 14.8 Å². The lowest BCUT2D eigenvalue weighted by Crippen LogP contribution is -2.13. The summed E-state index contributed by atoms with van der Waals surface area (Å²) in [5.41, 5.74) is 4.88. The van der Waals surface area contributed by atoms with Gasteiger partial charge >= 0.3 is 0 Å². The number of hydrogen-bond acceptors (Lipinski definition) is 6. The van der Waals surface area contributed by atoms with Gasteiger partial charge in [0, 0.05) is 28.8 Å². The van der Waals surface area contributed by atoms with Crippen LogP contribution in [-0.2, 0) is 11.2 Å². The first-order valence-electron chi connectivity index (χ1n) is 10.9. The van der Waals surface area contributed by atoms with E-state index in [-0.39, 0.29) is 18.0 Å². The Morgan fingerprint density at radius 1 is 1.03 bits per heavy atom. The van der Waals surface area contributed by atoms with Crippen LogP contribution < -0.4 is 0 Å². The monoisotopic (exact) mass is 456 g/mol. The smallest absolute Gasteiger partial charge is 0.163 e. The Morgan fingerprint density at radius 3 is 2.48 bits per heavy atom. The number of phenols is 1. The number of phenolic OH excluding ortho intramolecular Hbond substituents is 1. The predicted octanol–water partition coefficient (Wildman–Crippen LogP) is 5.05. The molecule has 0 unspecified atom stereocenters. The molecule has 0 bridgehead atoms. The molecular formula is C26H24N4O2S. The van der Waals surface area contributed by atoms with Crippen molar-refractivity contribution in [3.05, 3.63) is 93.4 Å².